The number of carbonyl (C=O) groups is 2. The molecule has 5 nitrogen and oxygen atoms in total. The van der Waals surface area contributed by atoms with E-state index in [4.69, 9.17) is 0 Å². The first kappa shape index (κ1) is 18.5. The molecule has 0 aliphatic carbocycles. The normalized spacial score (nSPS) is 28.1. The van der Waals surface area contributed by atoms with Gasteiger partial charge in [0.05, 0.1) is 0 Å². The number of carbonyl (C=O) groups excluding carboxylic acids is 2. The van der Waals surface area contributed by atoms with Crippen LogP contribution in [-0.4, -0.2) is 41.9 Å². The van der Waals surface area contributed by atoms with Crippen LogP contribution in [0.25, 0.3) is 0 Å². The molecule has 3 aliphatic heterocycles. The molecule has 2 N–H and O–H groups in total. The van der Waals surface area contributed by atoms with E-state index >= 15 is 0 Å². The zero-order valence-electron chi connectivity index (χ0n) is 16.0. The van der Waals surface area contributed by atoms with Crippen LogP contribution in [0.1, 0.15) is 50.5 Å². The number of benzene rings is 1. The number of rotatable bonds is 5. The topological polar surface area (TPSA) is 61.4 Å². The molecule has 3 aliphatic rings. The second kappa shape index (κ2) is 8.42. The van der Waals surface area contributed by atoms with E-state index in [0.29, 0.717) is 36.9 Å². The average molecular weight is 370 g/mol. The standard InChI is InChI=1S/C22H31N3O2/c26-21(14-17-12-19-6-7-20(13-17)24-19)25-10-8-18(9-11-25)22(27)23-15-16-4-2-1-3-5-16/h1-5,17-20,24H,6-15H2,(H,23,27). The molecular formula is C22H31N3O2. The second-order valence-corrected chi connectivity index (χ2v) is 8.54. The molecule has 146 valence electrons. The maximum Gasteiger partial charge on any atom is 0.223 e. The number of nitrogens with zero attached hydrogens (tertiary/aromatic N) is 1. The van der Waals surface area contributed by atoms with Gasteiger partial charge in [-0.3, -0.25) is 9.59 Å². The third-order valence-corrected chi connectivity index (χ3v) is 6.56. The Morgan fingerprint density at radius 1 is 1.00 bits per heavy atom. The summed E-state index contributed by atoms with van der Waals surface area (Å²) < 4.78 is 0. The lowest BCUT2D eigenvalue weighted by Gasteiger charge is -2.34. The number of fused-ring (bicyclic) bond motifs is 2. The lowest BCUT2D eigenvalue weighted by molar-refractivity contribution is -0.136. The van der Waals surface area contributed by atoms with Crippen LogP contribution in [-0.2, 0) is 16.1 Å². The summed E-state index contributed by atoms with van der Waals surface area (Å²) in [5.74, 6) is 1.00. The van der Waals surface area contributed by atoms with Crippen LogP contribution in [0.2, 0.25) is 0 Å². The van der Waals surface area contributed by atoms with Gasteiger partial charge < -0.3 is 15.5 Å². The molecule has 3 heterocycles. The van der Waals surface area contributed by atoms with Gasteiger partial charge in [0, 0.05) is 44.1 Å². The zero-order chi connectivity index (χ0) is 18.6. The van der Waals surface area contributed by atoms with Gasteiger partial charge in [0.15, 0.2) is 0 Å². The summed E-state index contributed by atoms with van der Waals surface area (Å²) in [5, 5.41) is 6.69. The third kappa shape index (κ3) is 4.70. The lowest BCUT2D eigenvalue weighted by Crippen LogP contribution is -2.44. The van der Waals surface area contributed by atoms with E-state index in [1.54, 1.807) is 0 Å². The molecule has 0 spiro atoms. The van der Waals surface area contributed by atoms with Crippen LogP contribution in [0.15, 0.2) is 30.3 Å². The van der Waals surface area contributed by atoms with Crippen molar-refractivity contribution in [3.63, 3.8) is 0 Å². The van der Waals surface area contributed by atoms with E-state index in [1.807, 2.05) is 35.2 Å². The van der Waals surface area contributed by atoms with E-state index < -0.39 is 0 Å². The van der Waals surface area contributed by atoms with E-state index in [2.05, 4.69) is 10.6 Å². The van der Waals surface area contributed by atoms with Crippen molar-refractivity contribution in [2.75, 3.05) is 13.1 Å². The van der Waals surface area contributed by atoms with Crippen LogP contribution >= 0.6 is 0 Å². The number of hydrogen-bond acceptors (Lipinski definition) is 3. The summed E-state index contributed by atoms with van der Waals surface area (Å²) in [4.78, 5) is 27.1. The van der Waals surface area contributed by atoms with E-state index in [1.165, 1.54) is 12.8 Å². The van der Waals surface area contributed by atoms with Crippen molar-refractivity contribution >= 4 is 11.8 Å². The Morgan fingerprint density at radius 3 is 2.33 bits per heavy atom. The largest absolute Gasteiger partial charge is 0.352 e. The summed E-state index contributed by atoms with van der Waals surface area (Å²) in [6, 6.07) is 11.3. The minimum atomic E-state index is 0.0347. The Labute approximate surface area is 161 Å². The molecule has 3 fully saturated rings. The van der Waals surface area contributed by atoms with Gasteiger partial charge >= 0.3 is 0 Å². The van der Waals surface area contributed by atoms with Crippen LogP contribution in [0, 0.1) is 11.8 Å². The van der Waals surface area contributed by atoms with Crippen molar-refractivity contribution < 1.29 is 9.59 Å². The van der Waals surface area contributed by atoms with Gasteiger partial charge in [-0.15, -0.1) is 0 Å². The fraction of sp³-hybridized carbons (Fsp3) is 0.636. The zero-order valence-corrected chi connectivity index (χ0v) is 16.0. The van der Waals surface area contributed by atoms with Crippen molar-refractivity contribution in [1.29, 1.82) is 0 Å². The molecule has 4 rings (SSSR count). The van der Waals surface area contributed by atoms with Gasteiger partial charge in [0.1, 0.15) is 0 Å². The number of amides is 2. The predicted octanol–water partition coefficient (Wildman–Crippen LogP) is 2.46. The quantitative estimate of drug-likeness (QED) is 0.838. The molecule has 1 aromatic rings. The van der Waals surface area contributed by atoms with Gasteiger partial charge in [-0.05, 0) is 50.0 Å². The first-order valence-electron chi connectivity index (χ1n) is 10.5. The molecule has 0 aromatic heterocycles. The average Bonchev–Trinajstić information content (AvgIpc) is 3.05. The highest BCUT2D eigenvalue weighted by atomic mass is 16.2. The van der Waals surface area contributed by atoms with Crippen molar-refractivity contribution in [2.45, 2.75) is 63.6 Å². The van der Waals surface area contributed by atoms with Gasteiger partial charge in [0.25, 0.3) is 0 Å². The van der Waals surface area contributed by atoms with Gasteiger partial charge in [-0.25, -0.2) is 0 Å². The number of likely N-dealkylation sites (tertiary alicyclic amines) is 1. The summed E-state index contributed by atoms with van der Waals surface area (Å²) in [5.41, 5.74) is 1.12. The minimum Gasteiger partial charge on any atom is -0.352 e. The Bertz CT molecular complexity index is 643. The van der Waals surface area contributed by atoms with Crippen molar-refractivity contribution in [2.24, 2.45) is 11.8 Å². The molecule has 3 saturated heterocycles. The molecule has 2 amide bonds. The van der Waals surface area contributed by atoms with E-state index in [0.717, 1.165) is 44.3 Å². The highest BCUT2D eigenvalue weighted by molar-refractivity contribution is 5.80. The second-order valence-electron chi connectivity index (χ2n) is 8.54. The highest BCUT2D eigenvalue weighted by Gasteiger charge is 2.35. The van der Waals surface area contributed by atoms with E-state index in [9.17, 15) is 9.59 Å². The smallest absolute Gasteiger partial charge is 0.223 e. The van der Waals surface area contributed by atoms with Gasteiger partial charge in [0.2, 0.25) is 11.8 Å². The summed E-state index contributed by atoms with van der Waals surface area (Å²) in [7, 11) is 0. The minimum absolute atomic E-state index is 0.0347. The van der Waals surface area contributed by atoms with Crippen molar-refractivity contribution in [1.82, 2.24) is 15.5 Å². The molecule has 2 unspecified atom stereocenters. The Kier molecular flexibility index (Phi) is 5.77. The third-order valence-electron chi connectivity index (χ3n) is 6.56. The Morgan fingerprint density at radius 2 is 1.67 bits per heavy atom. The maximum atomic E-state index is 12.7. The maximum absolute atomic E-state index is 12.7. The number of nitrogens with one attached hydrogen (secondary N) is 2. The molecular weight excluding hydrogens is 338 g/mol. The fourth-order valence-corrected chi connectivity index (χ4v) is 5.04. The highest BCUT2D eigenvalue weighted by Crippen LogP contribution is 2.33. The lowest BCUT2D eigenvalue weighted by atomic mass is 9.88. The molecule has 0 radical (unpaired) electrons. The number of hydrogen-bond donors (Lipinski definition) is 2. The van der Waals surface area contributed by atoms with Gasteiger partial charge in [-0.2, -0.15) is 0 Å². The first-order valence-corrected chi connectivity index (χ1v) is 10.5. The van der Waals surface area contributed by atoms with Crippen LogP contribution in [0.4, 0.5) is 0 Å². The fourth-order valence-electron chi connectivity index (χ4n) is 5.04. The molecule has 1 aromatic carbocycles. The van der Waals surface area contributed by atoms with Crippen molar-refractivity contribution in [3.05, 3.63) is 35.9 Å². The monoisotopic (exact) mass is 369 g/mol. The SMILES string of the molecule is O=C(NCc1ccccc1)C1CCN(C(=O)CC2CC3CCC(C2)N3)CC1. The Balaban J connectivity index is 1.19. The Hall–Kier alpha value is -1.88. The summed E-state index contributed by atoms with van der Waals surface area (Å²) in [6.07, 6.45) is 7.12. The van der Waals surface area contributed by atoms with Crippen LogP contribution in [0.5, 0.6) is 0 Å². The molecule has 5 heteroatoms. The van der Waals surface area contributed by atoms with Crippen LogP contribution < -0.4 is 10.6 Å². The van der Waals surface area contributed by atoms with Gasteiger partial charge in [-0.1, -0.05) is 30.3 Å². The van der Waals surface area contributed by atoms with Crippen molar-refractivity contribution in [3.8, 4) is 0 Å². The summed E-state index contributed by atoms with van der Waals surface area (Å²) in [6.45, 7) is 2.02. The molecule has 0 saturated carbocycles. The van der Waals surface area contributed by atoms with Crippen LogP contribution in [0.3, 0.4) is 0 Å². The first-order chi connectivity index (χ1) is 13.2. The van der Waals surface area contributed by atoms with E-state index in [-0.39, 0.29) is 11.8 Å². The molecule has 2 bridgehead atoms. The summed E-state index contributed by atoms with van der Waals surface area (Å²) >= 11 is 0. The molecule has 27 heavy (non-hydrogen) atoms. The molecule has 2 atom stereocenters. The number of piperidine rings is 2. The predicted molar refractivity (Wildman–Crippen MR) is 105 cm³/mol.